The van der Waals surface area contributed by atoms with Crippen LogP contribution in [0.3, 0.4) is 0 Å². The summed E-state index contributed by atoms with van der Waals surface area (Å²) in [4.78, 5) is 0. The number of aliphatic hydroxyl groups is 1. The van der Waals surface area contributed by atoms with Crippen LogP contribution in [0, 0.1) is 13.8 Å². The van der Waals surface area contributed by atoms with Crippen LogP contribution in [0.25, 0.3) is 0 Å². The smallest absolute Gasteiger partial charge is 0.167 e. The van der Waals surface area contributed by atoms with E-state index < -0.39 is 6.10 Å². The molecule has 96 valence electrons. The molecule has 17 heavy (non-hydrogen) atoms. The topological polar surface area (TPSA) is 50.7 Å². The Morgan fingerprint density at radius 1 is 1.18 bits per heavy atom. The van der Waals surface area contributed by atoms with Crippen LogP contribution < -0.4 is 14.8 Å². The number of aliphatic hydroxyl groups excluding tert-OH is 1. The molecule has 0 saturated carbocycles. The maximum absolute atomic E-state index is 10.1. The average molecular weight is 239 g/mol. The lowest BCUT2D eigenvalue weighted by molar-refractivity contribution is 0.171. The molecule has 0 bridgehead atoms. The lowest BCUT2D eigenvalue weighted by Crippen LogP contribution is -2.18. The molecule has 0 aliphatic heterocycles. The van der Waals surface area contributed by atoms with E-state index in [0.29, 0.717) is 18.0 Å². The Balaban J connectivity index is 3.36. The van der Waals surface area contributed by atoms with Crippen LogP contribution in [0.4, 0.5) is 0 Å². The predicted molar refractivity (Wildman–Crippen MR) is 67.9 cm³/mol. The highest BCUT2D eigenvalue weighted by atomic mass is 16.5. The summed E-state index contributed by atoms with van der Waals surface area (Å²) in [5.74, 6) is 1.30. The first-order chi connectivity index (χ1) is 8.06. The van der Waals surface area contributed by atoms with Gasteiger partial charge < -0.3 is 19.9 Å². The van der Waals surface area contributed by atoms with Crippen molar-refractivity contribution in [1.29, 1.82) is 0 Å². The summed E-state index contributed by atoms with van der Waals surface area (Å²) >= 11 is 0. The van der Waals surface area contributed by atoms with Gasteiger partial charge >= 0.3 is 0 Å². The van der Waals surface area contributed by atoms with Crippen molar-refractivity contribution in [1.82, 2.24) is 5.32 Å². The number of rotatable bonds is 5. The average Bonchev–Trinajstić information content (AvgIpc) is 2.28. The molecule has 0 fully saturated rings. The zero-order valence-electron chi connectivity index (χ0n) is 11.1. The van der Waals surface area contributed by atoms with Gasteiger partial charge in [0.15, 0.2) is 11.5 Å². The molecule has 1 unspecified atom stereocenters. The molecule has 0 amide bonds. The lowest BCUT2D eigenvalue weighted by Gasteiger charge is -2.21. The third-order valence-corrected chi connectivity index (χ3v) is 2.81. The molecule has 0 aliphatic rings. The van der Waals surface area contributed by atoms with E-state index in [4.69, 9.17) is 9.47 Å². The van der Waals surface area contributed by atoms with E-state index >= 15 is 0 Å². The zero-order chi connectivity index (χ0) is 13.0. The zero-order valence-corrected chi connectivity index (χ0v) is 11.1. The quantitative estimate of drug-likeness (QED) is 0.819. The fourth-order valence-corrected chi connectivity index (χ4v) is 2.11. The minimum Gasteiger partial charge on any atom is -0.493 e. The van der Waals surface area contributed by atoms with Crippen LogP contribution in [0.1, 0.15) is 22.8 Å². The Bertz CT molecular complexity index is 391. The summed E-state index contributed by atoms with van der Waals surface area (Å²) in [7, 11) is 5.00. The third kappa shape index (κ3) is 2.70. The van der Waals surface area contributed by atoms with Crippen molar-refractivity contribution in [3.8, 4) is 11.5 Å². The Morgan fingerprint density at radius 3 is 2.24 bits per heavy atom. The maximum atomic E-state index is 10.1. The Morgan fingerprint density at radius 2 is 1.76 bits per heavy atom. The lowest BCUT2D eigenvalue weighted by atomic mass is 9.98. The number of likely N-dealkylation sites (N-methyl/N-ethyl adjacent to an activating group) is 1. The number of ether oxygens (including phenoxy) is 2. The largest absolute Gasteiger partial charge is 0.493 e. The van der Waals surface area contributed by atoms with Gasteiger partial charge in [0.25, 0.3) is 0 Å². The minimum atomic E-state index is -0.607. The number of methoxy groups -OCH3 is 2. The van der Waals surface area contributed by atoms with E-state index in [1.54, 1.807) is 21.3 Å². The first-order valence-electron chi connectivity index (χ1n) is 5.61. The first kappa shape index (κ1) is 13.8. The van der Waals surface area contributed by atoms with Crippen molar-refractivity contribution in [3.05, 3.63) is 22.8 Å². The van der Waals surface area contributed by atoms with E-state index in [0.717, 1.165) is 16.7 Å². The Kier molecular flexibility index (Phi) is 4.78. The highest BCUT2D eigenvalue weighted by Crippen LogP contribution is 2.39. The number of hydrogen-bond donors (Lipinski definition) is 2. The van der Waals surface area contributed by atoms with Crippen LogP contribution in [-0.4, -0.2) is 32.9 Å². The van der Waals surface area contributed by atoms with Crippen molar-refractivity contribution in [2.75, 3.05) is 27.8 Å². The third-order valence-electron chi connectivity index (χ3n) is 2.81. The van der Waals surface area contributed by atoms with Gasteiger partial charge in [0.1, 0.15) is 0 Å². The van der Waals surface area contributed by atoms with Crippen LogP contribution in [-0.2, 0) is 0 Å². The number of hydrogen-bond acceptors (Lipinski definition) is 4. The van der Waals surface area contributed by atoms with Crippen LogP contribution in [0.5, 0.6) is 11.5 Å². The molecule has 1 aromatic rings. The van der Waals surface area contributed by atoms with Gasteiger partial charge in [-0.2, -0.15) is 0 Å². The second-order valence-corrected chi connectivity index (χ2v) is 4.06. The second kappa shape index (κ2) is 5.89. The van der Waals surface area contributed by atoms with Crippen molar-refractivity contribution in [2.45, 2.75) is 20.0 Å². The standard InChI is InChI=1S/C13H21NO3/c1-8-6-9(2)12(16-4)13(17-5)11(8)10(15)7-14-3/h6,10,14-15H,7H2,1-5H3. The molecular weight excluding hydrogens is 218 g/mol. The summed E-state index contributed by atoms with van der Waals surface area (Å²) < 4.78 is 10.7. The molecule has 0 heterocycles. The Hall–Kier alpha value is -1.26. The van der Waals surface area contributed by atoms with Gasteiger partial charge in [-0.15, -0.1) is 0 Å². The highest BCUT2D eigenvalue weighted by Gasteiger charge is 2.21. The molecular formula is C13H21NO3. The number of benzene rings is 1. The van der Waals surface area contributed by atoms with E-state index in [2.05, 4.69) is 5.32 Å². The molecule has 1 aromatic carbocycles. The maximum Gasteiger partial charge on any atom is 0.167 e. The van der Waals surface area contributed by atoms with Crippen LogP contribution >= 0.6 is 0 Å². The van der Waals surface area contributed by atoms with E-state index in [9.17, 15) is 5.11 Å². The number of aryl methyl sites for hydroxylation is 2. The van der Waals surface area contributed by atoms with Crippen LogP contribution in [0.2, 0.25) is 0 Å². The highest BCUT2D eigenvalue weighted by molar-refractivity contribution is 5.55. The minimum absolute atomic E-state index is 0.476. The van der Waals surface area contributed by atoms with Crippen molar-refractivity contribution >= 4 is 0 Å². The van der Waals surface area contributed by atoms with E-state index in [1.165, 1.54) is 0 Å². The molecule has 1 atom stereocenters. The van der Waals surface area contributed by atoms with Crippen LogP contribution in [0.15, 0.2) is 6.07 Å². The van der Waals surface area contributed by atoms with Gasteiger partial charge in [0.05, 0.1) is 20.3 Å². The summed E-state index contributed by atoms with van der Waals surface area (Å²) in [5, 5.41) is 13.1. The van der Waals surface area contributed by atoms with Gasteiger partial charge in [0.2, 0.25) is 0 Å². The molecule has 1 rings (SSSR count). The van der Waals surface area contributed by atoms with Gasteiger partial charge in [-0.3, -0.25) is 0 Å². The molecule has 0 aliphatic carbocycles. The predicted octanol–water partition coefficient (Wildman–Crippen LogP) is 1.57. The molecule has 0 radical (unpaired) electrons. The molecule has 2 N–H and O–H groups in total. The number of nitrogens with one attached hydrogen (secondary N) is 1. The fraction of sp³-hybridized carbons (Fsp3) is 0.538. The van der Waals surface area contributed by atoms with Gasteiger partial charge in [0, 0.05) is 12.1 Å². The molecule has 0 spiro atoms. The van der Waals surface area contributed by atoms with Gasteiger partial charge in [-0.1, -0.05) is 6.07 Å². The second-order valence-electron chi connectivity index (χ2n) is 4.06. The first-order valence-corrected chi connectivity index (χ1v) is 5.61. The summed E-state index contributed by atoms with van der Waals surface area (Å²) in [6.45, 7) is 4.40. The van der Waals surface area contributed by atoms with Crippen molar-refractivity contribution in [2.24, 2.45) is 0 Å². The van der Waals surface area contributed by atoms with Crippen molar-refractivity contribution in [3.63, 3.8) is 0 Å². The van der Waals surface area contributed by atoms with E-state index in [-0.39, 0.29) is 0 Å². The van der Waals surface area contributed by atoms with E-state index in [1.807, 2.05) is 19.9 Å². The summed E-state index contributed by atoms with van der Waals surface area (Å²) in [5.41, 5.74) is 2.79. The van der Waals surface area contributed by atoms with Gasteiger partial charge in [-0.25, -0.2) is 0 Å². The monoisotopic (exact) mass is 239 g/mol. The molecule has 4 nitrogen and oxygen atoms in total. The normalized spacial score (nSPS) is 12.4. The SMILES string of the molecule is CNCC(O)c1c(C)cc(C)c(OC)c1OC. The molecule has 4 heteroatoms. The van der Waals surface area contributed by atoms with Crippen molar-refractivity contribution < 1.29 is 14.6 Å². The Labute approximate surface area is 103 Å². The fourth-order valence-electron chi connectivity index (χ4n) is 2.11. The van der Waals surface area contributed by atoms with Gasteiger partial charge in [-0.05, 0) is 32.0 Å². The molecule has 0 aromatic heterocycles. The molecule has 0 saturated heterocycles. The summed E-state index contributed by atoms with van der Waals surface area (Å²) in [6.07, 6.45) is -0.607. The summed E-state index contributed by atoms with van der Waals surface area (Å²) in [6, 6.07) is 2.00.